The average Bonchev–Trinajstić information content (AvgIpc) is 2.86. The Balaban J connectivity index is 2.13. The van der Waals surface area contributed by atoms with Crippen LogP contribution < -0.4 is 0 Å². The van der Waals surface area contributed by atoms with E-state index in [0.29, 0.717) is 0 Å². The van der Waals surface area contributed by atoms with Crippen molar-refractivity contribution in [2.24, 2.45) is 0 Å². The van der Waals surface area contributed by atoms with Gasteiger partial charge in [0.15, 0.2) is 0 Å². The van der Waals surface area contributed by atoms with E-state index < -0.39 is 0 Å². The van der Waals surface area contributed by atoms with Crippen LogP contribution in [0.4, 0.5) is 0 Å². The molecular formula is C18H13NS. The predicted octanol–water partition coefficient (Wildman–Crippen LogP) is 5.42. The van der Waals surface area contributed by atoms with E-state index in [-0.39, 0.29) is 0 Å². The highest BCUT2D eigenvalue weighted by Crippen LogP contribution is 2.39. The molecule has 0 radical (unpaired) electrons. The summed E-state index contributed by atoms with van der Waals surface area (Å²) >= 11 is 1.83. The maximum absolute atomic E-state index is 4.64. The molecule has 4 rings (SSSR count). The second kappa shape index (κ2) is 4.43. The number of nitrogens with zero attached hydrogens (tertiary/aromatic N) is 1. The van der Waals surface area contributed by atoms with Gasteiger partial charge >= 0.3 is 0 Å². The van der Waals surface area contributed by atoms with E-state index in [2.05, 4.69) is 66.5 Å². The summed E-state index contributed by atoms with van der Waals surface area (Å²) in [6, 6.07) is 19.1. The lowest BCUT2D eigenvalue weighted by Gasteiger charge is -2.05. The van der Waals surface area contributed by atoms with E-state index in [1.807, 2.05) is 17.5 Å². The van der Waals surface area contributed by atoms with Crippen LogP contribution in [0.5, 0.6) is 0 Å². The van der Waals surface area contributed by atoms with E-state index in [1.54, 1.807) is 0 Å². The van der Waals surface area contributed by atoms with E-state index in [1.165, 1.54) is 31.3 Å². The average molecular weight is 275 g/mol. The molecule has 0 saturated heterocycles. The van der Waals surface area contributed by atoms with Crippen molar-refractivity contribution in [3.8, 4) is 11.3 Å². The third-order valence-electron chi connectivity index (χ3n) is 3.69. The van der Waals surface area contributed by atoms with Gasteiger partial charge in [0.05, 0.1) is 10.4 Å². The second-order valence-corrected chi connectivity index (χ2v) is 6.00. The van der Waals surface area contributed by atoms with Gasteiger partial charge in [-0.05, 0) is 24.6 Å². The van der Waals surface area contributed by atoms with Crippen LogP contribution in [0, 0.1) is 6.92 Å². The summed E-state index contributed by atoms with van der Waals surface area (Å²) in [6.07, 6.45) is 1.92. The third-order valence-corrected chi connectivity index (χ3v) is 4.89. The Bertz CT molecular complexity index is 921. The molecule has 2 aromatic heterocycles. The van der Waals surface area contributed by atoms with Crippen molar-refractivity contribution in [2.75, 3.05) is 0 Å². The summed E-state index contributed by atoms with van der Waals surface area (Å²) in [5, 5.41) is 2.63. The monoisotopic (exact) mass is 275 g/mol. The number of hydrogen-bond donors (Lipinski definition) is 0. The molecular weight excluding hydrogens is 262 g/mol. The summed E-state index contributed by atoms with van der Waals surface area (Å²) in [7, 11) is 0. The van der Waals surface area contributed by atoms with E-state index in [4.69, 9.17) is 0 Å². The summed E-state index contributed by atoms with van der Waals surface area (Å²) in [5.41, 5.74) is 3.59. The fraction of sp³-hybridized carbons (Fsp3) is 0.0556. The zero-order valence-corrected chi connectivity index (χ0v) is 11.9. The van der Waals surface area contributed by atoms with Crippen LogP contribution in [0.1, 0.15) is 5.56 Å². The lowest BCUT2D eigenvalue weighted by Crippen LogP contribution is -1.86. The van der Waals surface area contributed by atoms with Gasteiger partial charge in [-0.2, -0.15) is 0 Å². The molecule has 2 heteroatoms. The molecule has 96 valence electrons. The fourth-order valence-corrected chi connectivity index (χ4v) is 3.88. The zero-order valence-electron chi connectivity index (χ0n) is 11.1. The molecule has 0 fully saturated rings. The molecule has 0 N–H and O–H groups in total. The Morgan fingerprint density at radius 2 is 1.65 bits per heavy atom. The van der Waals surface area contributed by atoms with Gasteiger partial charge in [0.25, 0.3) is 0 Å². The van der Waals surface area contributed by atoms with Crippen LogP contribution in [0.2, 0.25) is 0 Å². The molecule has 0 aliphatic rings. The number of aryl methyl sites for hydroxylation is 1. The minimum Gasteiger partial charge on any atom is -0.255 e. The van der Waals surface area contributed by atoms with Crippen molar-refractivity contribution in [2.45, 2.75) is 6.92 Å². The van der Waals surface area contributed by atoms with Gasteiger partial charge in [0.1, 0.15) is 0 Å². The molecule has 1 nitrogen and oxygen atoms in total. The maximum Gasteiger partial charge on any atom is 0.0883 e. The van der Waals surface area contributed by atoms with Crippen molar-refractivity contribution in [3.63, 3.8) is 0 Å². The Hall–Kier alpha value is -2.19. The van der Waals surface area contributed by atoms with Gasteiger partial charge in [-0.15, -0.1) is 11.3 Å². The summed E-state index contributed by atoms with van der Waals surface area (Å²) in [5.74, 6) is 0. The quantitative estimate of drug-likeness (QED) is 0.451. The summed E-state index contributed by atoms with van der Waals surface area (Å²) in [6.45, 7) is 2.14. The van der Waals surface area contributed by atoms with Crippen LogP contribution in [0.3, 0.4) is 0 Å². The molecule has 0 unspecified atom stereocenters. The summed E-state index contributed by atoms with van der Waals surface area (Å²) < 4.78 is 2.60. The number of benzene rings is 2. The van der Waals surface area contributed by atoms with E-state index in [9.17, 15) is 0 Å². The Morgan fingerprint density at radius 3 is 2.55 bits per heavy atom. The number of pyridine rings is 1. The first kappa shape index (κ1) is 11.6. The normalized spacial score (nSPS) is 11.2. The minimum atomic E-state index is 1.10. The fourth-order valence-electron chi connectivity index (χ4n) is 2.68. The van der Waals surface area contributed by atoms with Crippen molar-refractivity contribution in [3.05, 3.63) is 66.4 Å². The standard InChI is InChI=1S/C18H13NS/c1-12-6-2-3-7-13(12)17-18-15(10-11-19-17)14-8-4-5-9-16(14)20-18/h2-11H,1H3. The molecule has 0 bridgehead atoms. The topological polar surface area (TPSA) is 12.9 Å². The van der Waals surface area contributed by atoms with Gasteiger partial charge in [0.2, 0.25) is 0 Å². The van der Waals surface area contributed by atoms with Gasteiger partial charge < -0.3 is 0 Å². The zero-order chi connectivity index (χ0) is 13.5. The molecule has 0 spiro atoms. The molecule has 4 aromatic rings. The SMILES string of the molecule is Cc1ccccc1-c1nccc2c1sc1ccccc12. The van der Waals surface area contributed by atoms with E-state index >= 15 is 0 Å². The largest absolute Gasteiger partial charge is 0.255 e. The molecule has 0 aliphatic heterocycles. The third kappa shape index (κ3) is 1.65. The first-order chi connectivity index (χ1) is 9.84. The molecule has 0 aliphatic carbocycles. The number of fused-ring (bicyclic) bond motifs is 3. The number of hydrogen-bond acceptors (Lipinski definition) is 2. The van der Waals surface area contributed by atoms with Crippen molar-refractivity contribution >= 4 is 31.5 Å². The first-order valence-electron chi connectivity index (χ1n) is 6.67. The van der Waals surface area contributed by atoms with E-state index in [0.717, 1.165) is 5.69 Å². The van der Waals surface area contributed by atoms with Crippen molar-refractivity contribution in [1.29, 1.82) is 0 Å². The van der Waals surface area contributed by atoms with Crippen molar-refractivity contribution < 1.29 is 0 Å². The molecule has 2 heterocycles. The van der Waals surface area contributed by atoms with Gasteiger partial charge in [0, 0.05) is 27.2 Å². The molecule has 0 atom stereocenters. The van der Waals surface area contributed by atoms with Gasteiger partial charge in [-0.25, -0.2) is 0 Å². The highest BCUT2D eigenvalue weighted by atomic mass is 32.1. The second-order valence-electron chi connectivity index (χ2n) is 4.95. The minimum absolute atomic E-state index is 1.10. The first-order valence-corrected chi connectivity index (χ1v) is 7.48. The lowest BCUT2D eigenvalue weighted by molar-refractivity contribution is 1.34. The summed E-state index contributed by atoms with van der Waals surface area (Å²) in [4.78, 5) is 4.64. The Labute approximate surface area is 121 Å². The number of thiophene rings is 1. The molecule has 0 amide bonds. The van der Waals surface area contributed by atoms with Gasteiger partial charge in [-0.3, -0.25) is 4.98 Å². The molecule has 2 aromatic carbocycles. The maximum atomic E-state index is 4.64. The van der Waals surface area contributed by atoms with Crippen LogP contribution >= 0.6 is 11.3 Å². The van der Waals surface area contributed by atoms with Crippen LogP contribution in [0.25, 0.3) is 31.4 Å². The van der Waals surface area contributed by atoms with Crippen molar-refractivity contribution in [1.82, 2.24) is 4.98 Å². The smallest absolute Gasteiger partial charge is 0.0883 e. The van der Waals surface area contributed by atoms with Gasteiger partial charge in [-0.1, -0.05) is 42.5 Å². The lowest BCUT2D eigenvalue weighted by atomic mass is 10.0. The molecule has 0 saturated carbocycles. The highest BCUT2D eigenvalue weighted by Gasteiger charge is 2.12. The Kier molecular flexibility index (Phi) is 2.57. The van der Waals surface area contributed by atoms with Crippen LogP contribution in [-0.2, 0) is 0 Å². The molecule has 20 heavy (non-hydrogen) atoms. The number of aromatic nitrogens is 1. The predicted molar refractivity (Wildman–Crippen MR) is 87.3 cm³/mol. The Morgan fingerprint density at radius 1 is 0.850 bits per heavy atom. The van der Waals surface area contributed by atoms with Crippen LogP contribution in [-0.4, -0.2) is 4.98 Å². The van der Waals surface area contributed by atoms with Crippen LogP contribution in [0.15, 0.2) is 60.8 Å². The highest BCUT2D eigenvalue weighted by molar-refractivity contribution is 7.26. The number of rotatable bonds is 1.